The number of carbonyl (C=O) groups is 2. The minimum absolute atomic E-state index is 0.00459. The summed E-state index contributed by atoms with van der Waals surface area (Å²) in [5, 5.41) is 0.482. The molecule has 2 aliphatic rings. The fourth-order valence-corrected chi connectivity index (χ4v) is 5.16. The van der Waals surface area contributed by atoms with Crippen LogP contribution in [0.1, 0.15) is 62.8 Å². The number of hydrogen-bond acceptors (Lipinski definition) is 5. The summed E-state index contributed by atoms with van der Waals surface area (Å²) in [5.74, 6) is -0.0477. The summed E-state index contributed by atoms with van der Waals surface area (Å²) in [5.41, 5.74) is 4.03. The van der Waals surface area contributed by atoms with Gasteiger partial charge in [-0.1, -0.05) is 87.1 Å². The van der Waals surface area contributed by atoms with E-state index < -0.39 is 12.0 Å². The average molecular weight is 449 g/mol. The minimum atomic E-state index is -0.538. The standard InChI is InChI=1S/C26H28N2O3S/c1-5-21-24(29)28-23(20-13-11-19(12-14-20)16(2)3)22(17(4)27-26(28)32-21)25(30)31-15-18-9-7-6-8-10-18/h6-14,16,21,23H,5,15H2,1-4H3/t21-,23+/m1/s1. The van der Waals surface area contributed by atoms with Gasteiger partial charge in [0.25, 0.3) is 0 Å². The molecule has 2 aromatic rings. The number of benzene rings is 2. The maximum Gasteiger partial charge on any atom is 0.338 e. The Morgan fingerprint density at radius 1 is 1.12 bits per heavy atom. The first kappa shape index (κ1) is 22.3. The number of ether oxygens (including phenoxy) is 1. The van der Waals surface area contributed by atoms with Gasteiger partial charge in [0.15, 0.2) is 5.17 Å². The molecule has 0 aliphatic carbocycles. The Bertz CT molecular complexity index is 1070. The van der Waals surface area contributed by atoms with Crippen molar-refractivity contribution < 1.29 is 14.3 Å². The number of nitrogens with zero attached hydrogens (tertiary/aromatic N) is 2. The van der Waals surface area contributed by atoms with Crippen LogP contribution >= 0.6 is 11.8 Å². The van der Waals surface area contributed by atoms with Gasteiger partial charge in [0.2, 0.25) is 5.91 Å². The van der Waals surface area contributed by atoms with E-state index in [1.807, 2.05) is 56.3 Å². The van der Waals surface area contributed by atoms with E-state index in [4.69, 9.17) is 4.74 Å². The van der Waals surface area contributed by atoms with Crippen LogP contribution in [0.2, 0.25) is 0 Å². The Morgan fingerprint density at radius 2 is 1.81 bits per heavy atom. The maximum atomic E-state index is 13.3. The molecule has 166 valence electrons. The maximum absolute atomic E-state index is 13.3. The van der Waals surface area contributed by atoms with Crippen molar-refractivity contribution in [3.8, 4) is 0 Å². The van der Waals surface area contributed by atoms with Gasteiger partial charge in [0.1, 0.15) is 6.61 Å². The summed E-state index contributed by atoms with van der Waals surface area (Å²) in [6, 6.07) is 17.2. The molecule has 0 aromatic heterocycles. The average Bonchev–Trinajstić information content (AvgIpc) is 3.12. The Hall–Kier alpha value is -2.86. The highest BCUT2D eigenvalue weighted by Crippen LogP contribution is 2.44. The third-order valence-electron chi connectivity index (χ3n) is 5.87. The molecular formula is C26H28N2O3S. The molecule has 2 heterocycles. The number of amides is 1. The summed E-state index contributed by atoms with van der Waals surface area (Å²) in [4.78, 5) is 32.9. The van der Waals surface area contributed by atoms with Crippen molar-refractivity contribution in [3.63, 3.8) is 0 Å². The van der Waals surface area contributed by atoms with Crippen LogP contribution in [0.25, 0.3) is 0 Å². The van der Waals surface area contributed by atoms with Crippen molar-refractivity contribution in [3.05, 3.63) is 82.6 Å². The lowest BCUT2D eigenvalue weighted by molar-refractivity contribution is -0.141. The molecule has 0 bridgehead atoms. The lowest BCUT2D eigenvalue weighted by Crippen LogP contribution is -2.40. The molecule has 1 amide bonds. The fourth-order valence-electron chi connectivity index (χ4n) is 4.03. The van der Waals surface area contributed by atoms with E-state index in [0.29, 0.717) is 28.8 Å². The van der Waals surface area contributed by atoms with Crippen LogP contribution in [0.4, 0.5) is 0 Å². The van der Waals surface area contributed by atoms with Crippen molar-refractivity contribution in [2.45, 2.75) is 57.9 Å². The molecule has 0 radical (unpaired) electrons. The Labute approximate surface area is 193 Å². The van der Waals surface area contributed by atoms with Crippen LogP contribution in [0, 0.1) is 0 Å². The van der Waals surface area contributed by atoms with Gasteiger partial charge in [0.05, 0.1) is 22.6 Å². The van der Waals surface area contributed by atoms with Crippen LogP contribution in [-0.4, -0.2) is 27.2 Å². The molecule has 1 fully saturated rings. The number of allylic oxidation sites excluding steroid dienone is 1. The van der Waals surface area contributed by atoms with E-state index in [9.17, 15) is 9.59 Å². The number of amidine groups is 1. The van der Waals surface area contributed by atoms with E-state index >= 15 is 0 Å². The largest absolute Gasteiger partial charge is 0.457 e. The molecule has 4 rings (SSSR count). The highest BCUT2D eigenvalue weighted by molar-refractivity contribution is 8.15. The van der Waals surface area contributed by atoms with E-state index in [0.717, 1.165) is 11.1 Å². The van der Waals surface area contributed by atoms with Gasteiger partial charge in [-0.05, 0) is 36.0 Å². The molecule has 1 saturated heterocycles. The second-order valence-electron chi connectivity index (χ2n) is 8.40. The van der Waals surface area contributed by atoms with Gasteiger partial charge in [-0.15, -0.1) is 0 Å². The Kier molecular flexibility index (Phi) is 6.51. The van der Waals surface area contributed by atoms with Gasteiger partial charge in [0, 0.05) is 0 Å². The Balaban J connectivity index is 1.71. The number of rotatable bonds is 6. The van der Waals surface area contributed by atoms with Crippen LogP contribution in [0.5, 0.6) is 0 Å². The number of hydrogen-bond donors (Lipinski definition) is 0. The molecule has 2 aromatic carbocycles. The van der Waals surface area contributed by atoms with Gasteiger partial charge < -0.3 is 4.74 Å². The highest BCUT2D eigenvalue weighted by Gasteiger charge is 2.47. The van der Waals surface area contributed by atoms with E-state index in [1.54, 1.807) is 4.90 Å². The molecule has 0 saturated carbocycles. The first-order chi connectivity index (χ1) is 15.4. The third kappa shape index (κ3) is 4.24. The molecule has 0 N–H and O–H groups in total. The molecule has 5 nitrogen and oxygen atoms in total. The zero-order valence-corrected chi connectivity index (χ0v) is 19.7. The Morgan fingerprint density at radius 3 is 2.44 bits per heavy atom. The number of thioether (sulfide) groups is 1. The summed E-state index contributed by atoms with van der Waals surface area (Å²) < 4.78 is 5.68. The quantitative estimate of drug-likeness (QED) is 0.541. The van der Waals surface area contributed by atoms with Crippen LogP contribution in [-0.2, 0) is 20.9 Å². The summed E-state index contributed by atoms with van der Waals surface area (Å²) in [6.07, 6.45) is 0.713. The monoisotopic (exact) mass is 448 g/mol. The molecule has 0 unspecified atom stereocenters. The second-order valence-corrected chi connectivity index (χ2v) is 9.57. The lowest BCUT2D eigenvalue weighted by atomic mass is 9.92. The van der Waals surface area contributed by atoms with Crippen LogP contribution < -0.4 is 0 Å². The molecular weight excluding hydrogens is 420 g/mol. The zero-order valence-electron chi connectivity index (χ0n) is 18.9. The van der Waals surface area contributed by atoms with Gasteiger partial charge in [-0.25, -0.2) is 9.79 Å². The van der Waals surface area contributed by atoms with Crippen molar-refractivity contribution in [1.82, 2.24) is 4.90 Å². The normalized spacial score (nSPS) is 20.5. The topological polar surface area (TPSA) is 59.0 Å². The van der Waals surface area contributed by atoms with Gasteiger partial charge in [-0.2, -0.15) is 0 Å². The van der Waals surface area contributed by atoms with Crippen molar-refractivity contribution in [2.75, 3.05) is 0 Å². The van der Waals surface area contributed by atoms with Gasteiger partial charge >= 0.3 is 5.97 Å². The zero-order chi connectivity index (χ0) is 22.8. The molecule has 32 heavy (non-hydrogen) atoms. The SMILES string of the molecule is CC[C@H]1SC2=NC(C)=C(C(=O)OCc3ccccc3)[C@H](c3ccc(C(C)C)cc3)N2C1=O. The highest BCUT2D eigenvalue weighted by atomic mass is 32.2. The van der Waals surface area contributed by atoms with Crippen molar-refractivity contribution in [1.29, 1.82) is 0 Å². The summed E-state index contributed by atoms with van der Waals surface area (Å²) >= 11 is 1.48. The van der Waals surface area contributed by atoms with Crippen LogP contribution in [0.15, 0.2) is 70.9 Å². The van der Waals surface area contributed by atoms with E-state index in [1.165, 1.54) is 17.3 Å². The smallest absolute Gasteiger partial charge is 0.338 e. The van der Waals surface area contributed by atoms with Crippen molar-refractivity contribution >= 4 is 28.8 Å². The number of fused-ring (bicyclic) bond motifs is 1. The first-order valence-electron chi connectivity index (χ1n) is 11.0. The van der Waals surface area contributed by atoms with Gasteiger partial charge in [-0.3, -0.25) is 9.69 Å². The summed E-state index contributed by atoms with van der Waals surface area (Å²) in [6.45, 7) is 8.28. The number of carbonyl (C=O) groups excluding carboxylic acids is 2. The second kappa shape index (κ2) is 9.33. The lowest BCUT2D eigenvalue weighted by Gasteiger charge is -2.33. The predicted molar refractivity (Wildman–Crippen MR) is 128 cm³/mol. The fraction of sp³-hybridized carbons (Fsp3) is 0.346. The number of aliphatic imine (C=N–C) groups is 1. The molecule has 6 heteroatoms. The molecule has 2 aliphatic heterocycles. The van der Waals surface area contributed by atoms with Crippen LogP contribution in [0.3, 0.4) is 0 Å². The minimum Gasteiger partial charge on any atom is -0.457 e. The first-order valence-corrected chi connectivity index (χ1v) is 11.9. The third-order valence-corrected chi connectivity index (χ3v) is 7.19. The predicted octanol–water partition coefficient (Wildman–Crippen LogP) is 5.59. The molecule has 0 spiro atoms. The van der Waals surface area contributed by atoms with E-state index in [2.05, 4.69) is 31.0 Å². The van der Waals surface area contributed by atoms with E-state index in [-0.39, 0.29) is 17.8 Å². The number of esters is 1. The molecule has 2 atom stereocenters. The van der Waals surface area contributed by atoms with Crippen molar-refractivity contribution in [2.24, 2.45) is 4.99 Å². The summed E-state index contributed by atoms with van der Waals surface area (Å²) in [7, 11) is 0.